The zero-order valence-electron chi connectivity index (χ0n) is 13.1. The van der Waals surface area contributed by atoms with Crippen molar-refractivity contribution in [3.8, 4) is 0 Å². The highest BCUT2D eigenvalue weighted by Crippen LogP contribution is 2.19. The SMILES string of the molecule is CC[C@@H](NC(=O)c1ccc2nc(C)[nH]c2c1)c1ccc(F)cc1. The largest absolute Gasteiger partial charge is 0.345 e. The van der Waals surface area contributed by atoms with Crippen molar-refractivity contribution in [1.29, 1.82) is 0 Å². The first-order valence-electron chi connectivity index (χ1n) is 7.59. The van der Waals surface area contributed by atoms with Gasteiger partial charge in [-0.25, -0.2) is 9.37 Å². The van der Waals surface area contributed by atoms with E-state index in [-0.39, 0.29) is 17.8 Å². The number of aromatic amines is 1. The minimum absolute atomic E-state index is 0.151. The maximum Gasteiger partial charge on any atom is 0.251 e. The molecule has 3 rings (SSSR count). The molecule has 0 radical (unpaired) electrons. The zero-order chi connectivity index (χ0) is 16.4. The Kier molecular flexibility index (Phi) is 4.10. The van der Waals surface area contributed by atoms with Crippen LogP contribution in [0.2, 0.25) is 0 Å². The van der Waals surface area contributed by atoms with Crippen molar-refractivity contribution in [2.24, 2.45) is 0 Å². The number of rotatable bonds is 4. The molecular weight excluding hydrogens is 293 g/mol. The number of fused-ring (bicyclic) bond motifs is 1. The summed E-state index contributed by atoms with van der Waals surface area (Å²) in [4.78, 5) is 19.9. The predicted molar refractivity (Wildman–Crippen MR) is 87.7 cm³/mol. The normalized spacial score (nSPS) is 12.3. The number of imidazole rings is 1. The van der Waals surface area contributed by atoms with E-state index in [0.29, 0.717) is 5.56 Å². The Bertz CT molecular complexity index is 839. The number of H-pyrrole nitrogens is 1. The van der Waals surface area contributed by atoms with Crippen LogP contribution in [0.4, 0.5) is 4.39 Å². The molecule has 1 amide bonds. The first-order chi connectivity index (χ1) is 11.1. The van der Waals surface area contributed by atoms with Gasteiger partial charge in [-0.15, -0.1) is 0 Å². The first-order valence-corrected chi connectivity index (χ1v) is 7.59. The second-order valence-electron chi connectivity index (χ2n) is 5.54. The number of halogens is 1. The summed E-state index contributed by atoms with van der Waals surface area (Å²) in [5, 5.41) is 2.99. The molecule has 1 aromatic heterocycles. The summed E-state index contributed by atoms with van der Waals surface area (Å²) in [5.74, 6) is 0.376. The van der Waals surface area contributed by atoms with Crippen molar-refractivity contribution < 1.29 is 9.18 Å². The first kappa shape index (κ1) is 15.2. The lowest BCUT2D eigenvalue weighted by Gasteiger charge is -2.17. The number of amides is 1. The lowest BCUT2D eigenvalue weighted by molar-refractivity contribution is 0.0935. The number of nitrogens with one attached hydrogen (secondary N) is 2. The van der Waals surface area contributed by atoms with Gasteiger partial charge in [-0.3, -0.25) is 4.79 Å². The van der Waals surface area contributed by atoms with E-state index < -0.39 is 0 Å². The maximum absolute atomic E-state index is 13.0. The summed E-state index contributed by atoms with van der Waals surface area (Å²) >= 11 is 0. The summed E-state index contributed by atoms with van der Waals surface area (Å²) < 4.78 is 13.0. The smallest absolute Gasteiger partial charge is 0.251 e. The van der Waals surface area contributed by atoms with Crippen LogP contribution in [-0.2, 0) is 0 Å². The Hall–Kier alpha value is -2.69. The van der Waals surface area contributed by atoms with Crippen molar-refractivity contribution >= 4 is 16.9 Å². The van der Waals surface area contributed by atoms with Crippen LogP contribution in [-0.4, -0.2) is 15.9 Å². The van der Waals surface area contributed by atoms with Gasteiger partial charge < -0.3 is 10.3 Å². The van der Waals surface area contributed by atoms with Crippen LogP contribution in [0.1, 0.15) is 41.1 Å². The monoisotopic (exact) mass is 311 g/mol. The second-order valence-corrected chi connectivity index (χ2v) is 5.54. The molecule has 4 nitrogen and oxygen atoms in total. The summed E-state index contributed by atoms with van der Waals surface area (Å²) in [6.45, 7) is 3.86. The average Bonchev–Trinajstić information content (AvgIpc) is 2.92. The van der Waals surface area contributed by atoms with Crippen molar-refractivity contribution in [3.63, 3.8) is 0 Å². The van der Waals surface area contributed by atoms with Crippen LogP contribution in [0.15, 0.2) is 42.5 Å². The number of aromatic nitrogens is 2. The van der Waals surface area contributed by atoms with Crippen molar-refractivity contribution in [1.82, 2.24) is 15.3 Å². The molecule has 1 atom stereocenters. The summed E-state index contributed by atoms with van der Waals surface area (Å²) in [5.41, 5.74) is 3.14. The van der Waals surface area contributed by atoms with Crippen LogP contribution in [0.3, 0.4) is 0 Å². The van der Waals surface area contributed by atoms with Crippen LogP contribution in [0.5, 0.6) is 0 Å². The zero-order valence-corrected chi connectivity index (χ0v) is 13.1. The average molecular weight is 311 g/mol. The number of benzene rings is 2. The summed E-state index contributed by atoms with van der Waals surface area (Å²) in [6, 6.07) is 11.4. The molecule has 23 heavy (non-hydrogen) atoms. The van der Waals surface area contributed by atoms with Crippen LogP contribution >= 0.6 is 0 Å². The van der Waals surface area contributed by atoms with E-state index in [1.54, 1.807) is 24.3 Å². The maximum atomic E-state index is 13.0. The molecule has 0 aliphatic heterocycles. The highest BCUT2D eigenvalue weighted by Gasteiger charge is 2.15. The fourth-order valence-electron chi connectivity index (χ4n) is 2.64. The van der Waals surface area contributed by atoms with E-state index in [4.69, 9.17) is 0 Å². The van der Waals surface area contributed by atoms with Crippen LogP contribution in [0, 0.1) is 12.7 Å². The minimum atomic E-state index is -0.282. The molecule has 5 heteroatoms. The van der Waals surface area contributed by atoms with Gasteiger partial charge in [0.1, 0.15) is 11.6 Å². The molecule has 0 aliphatic carbocycles. The van der Waals surface area contributed by atoms with Gasteiger partial charge in [0.2, 0.25) is 0 Å². The van der Waals surface area contributed by atoms with Crippen molar-refractivity contribution in [2.45, 2.75) is 26.3 Å². The van der Waals surface area contributed by atoms with Gasteiger partial charge in [0.15, 0.2) is 0 Å². The molecule has 0 bridgehead atoms. The Morgan fingerprint density at radius 1 is 1.26 bits per heavy atom. The third kappa shape index (κ3) is 3.23. The van der Waals surface area contributed by atoms with E-state index >= 15 is 0 Å². The molecule has 0 saturated carbocycles. The lowest BCUT2D eigenvalue weighted by atomic mass is 10.0. The summed E-state index contributed by atoms with van der Waals surface area (Å²) in [6.07, 6.45) is 0.725. The molecule has 1 heterocycles. The third-order valence-electron chi connectivity index (χ3n) is 3.85. The van der Waals surface area contributed by atoms with E-state index in [2.05, 4.69) is 15.3 Å². The fraction of sp³-hybridized carbons (Fsp3) is 0.222. The van der Waals surface area contributed by atoms with Gasteiger partial charge >= 0.3 is 0 Å². The number of hydrogen-bond acceptors (Lipinski definition) is 2. The number of nitrogens with zero attached hydrogens (tertiary/aromatic N) is 1. The fourth-order valence-corrected chi connectivity index (χ4v) is 2.64. The van der Waals surface area contributed by atoms with E-state index in [0.717, 1.165) is 28.8 Å². The van der Waals surface area contributed by atoms with E-state index in [1.165, 1.54) is 12.1 Å². The van der Waals surface area contributed by atoms with E-state index in [9.17, 15) is 9.18 Å². The van der Waals surface area contributed by atoms with Gasteiger partial charge in [-0.2, -0.15) is 0 Å². The second kappa shape index (κ2) is 6.20. The number of hydrogen-bond donors (Lipinski definition) is 2. The molecule has 0 fully saturated rings. The number of carbonyl (C=O) groups excluding carboxylic acids is 1. The molecular formula is C18H18FN3O. The predicted octanol–water partition coefficient (Wildman–Crippen LogP) is 3.89. The van der Waals surface area contributed by atoms with Gasteiger partial charge in [0, 0.05) is 5.56 Å². The quantitative estimate of drug-likeness (QED) is 0.768. The van der Waals surface area contributed by atoms with Gasteiger partial charge in [-0.1, -0.05) is 19.1 Å². The Balaban J connectivity index is 1.81. The Morgan fingerprint density at radius 3 is 2.70 bits per heavy atom. The van der Waals surface area contributed by atoms with Gasteiger partial charge in [0.05, 0.1) is 17.1 Å². The molecule has 0 spiro atoms. The highest BCUT2D eigenvalue weighted by molar-refractivity contribution is 5.97. The topological polar surface area (TPSA) is 57.8 Å². The number of carbonyl (C=O) groups is 1. The van der Waals surface area contributed by atoms with Crippen molar-refractivity contribution in [2.75, 3.05) is 0 Å². The third-order valence-corrected chi connectivity index (χ3v) is 3.85. The van der Waals surface area contributed by atoms with Crippen LogP contribution in [0.25, 0.3) is 11.0 Å². The minimum Gasteiger partial charge on any atom is -0.345 e. The highest BCUT2D eigenvalue weighted by atomic mass is 19.1. The van der Waals surface area contributed by atoms with Crippen molar-refractivity contribution in [3.05, 3.63) is 65.2 Å². The molecule has 3 aromatic rings. The van der Waals surface area contributed by atoms with E-state index in [1.807, 2.05) is 19.9 Å². The van der Waals surface area contributed by atoms with Gasteiger partial charge in [0.25, 0.3) is 5.91 Å². The van der Waals surface area contributed by atoms with Crippen LogP contribution < -0.4 is 5.32 Å². The molecule has 0 aliphatic rings. The molecule has 118 valence electrons. The van der Waals surface area contributed by atoms with Gasteiger partial charge in [-0.05, 0) is 49.2 Å². The Labute approximate surface area is 133 Å². The molecule has 2 aromatic carbocycles. The number of aryl methyl sites for hydroxylation is 1. The lowest BCUT2D eigenvalue weighted by Crippen LogP contribution is -2.28. The molecule has 0 saturated heterocycles. The Morgan fingerprint density at radius 2 is 2.00 bits per heavy atom. The standard InChI is InChI=1S/C18H18FN3O/c1-3-15(12-4-7-14(19)8-5-12)22-18(23)13-6-9-16-17(10-13)21-11(2)20-16/h4-10,15H,3H2,1-2H3,(H,20,21)(H,22,23)/t15-/m1/s1. The summed E-state index contributed by atoms with van der Waals surface area (Å²) in [7, 11) is 0. The molecule has 0 unspecified atom stereocenters. The molecule has 2 N–H and O–H groups in total.